The summed E-state index contributed by atoms with van der Waals surface area (Å²) in [5.74, 6) is 0.645. The van der Waals surface area contributed by atoms with E-state index in [1.165, 1.54) is 23.4 Å². The lowest BCUT2D eigenvalue weighted by atomic mass is 10.2. The van der Waals surface area contributed by atoms with Crippen molar-refractivity contribution in [3.8, 4) is 10.7 Å². The van der Waals surface area contributed by atoms with Crippen LogP contribution >= 0.6 is 22.9 Å². The van der Waals surface area contributed by atoms with Crippen LogP contribution in [0.25, 0.3) is 10.7 Å². The number of rotatable bonds is 5. The fourth-order valence-corrected chi connectivity index (χ4v) is 3.48. The molecule has 1 N–H and O–H groups in total. The van der Waals surface area contributed by atoms with E-state index >= 15 is 0 Å². The van der Waals surface area contributed by atoms with Crippen LogP contribution in [0.2, 0.25) is 5.02 Å². The van der Waals surface area contributed by atoms with E-state index < -0.39 is 0 Å². The van der Waals surface area contributed by atoms with Gasteiger partial charge in [-0.15, -0.1) is 11.3 Å². The van der Waals surface area contributed by atoms with Crippen molar-refractivity contribution >= 4 is 22.9 Å². The van der Waals surface area contributed by atoms with Crippen LogP contribution in [0, 0.1) is 0 Å². The van der Waals surface area contributed by atoms with Crippen LogP contribution in [0.1, 0.15) is 43.2 Å². The number of aromatic nitrogens is 2. The molecule has 1 aliphatic carbocycles. The van der Waals surface area contributed by atoms with Crippen molar-refractivity contribution in [2.24, 2.45) is 0 Å². The molecule has 3 rings (SSSR count). The van der Waals surface area contributed by atoms with Crippen LogP contribution in [-0.2, 0) is 6.54 Å². The maximum absolute atomic E-state index is 6.23. The van der Waals surface area contributed by atoms with E-state index in [4.69, 9.17) is 16.6 Å². The summed E-state index contributed by atoms with van der Waals surface area (Å²) in [7, 11) is 0. The van der Waals surface area contributed by atoms with Gasteiger partial charge < -0.3 is 5.32 Å². The van der Waals surface area contributed by atoms with Crippen molar-refractivity contribution in [1.29, 1.82) is 0 Å². The summed E-state index contributed by atoms with van der Waals surface area (Å²) in [6, 6.07) is 4.20. The molecule has 0 amide bonds. The summed E-state index contributed by atoms with van der Waals surface area (Å²) in [4.78, 5) is 10.5. The second-order valence-corrected chi connectivity index (χ2v) is 6.96. The smallest absolute Gasteiger partial charge is 0.143 e. The Balaban J connectivity index is 1.93. The predicted molar refractivity (Wildman–Crippen MR) is 84.3 cm³/mol. The quantitative estimate of drug-likeness (QED) is 0.898. The van der Waals surface area contributed by atoms with E-state index in [9.17, 15) is 0 Å². The summed E-state index contributed by atoms with van der Waals surface area (Å²) < 4.78 is 0. The van der Waals surface area contributed by atoms with Gasteiger partial charge in [-0.1, -0.05) is 25.4 Å². The van der Waals surface area contributed by atoms with Gasteiger partial charge in [0.05, 0.1) is 10.7 Å². The first-order valence-corrected chi connectivity index (χ1v) is 8.18. The van der Waals surface area contributed by atoms with Crippen molar-refractivity contribution in [2.45, 2.75) is 45.2 Å². The molecule has 106 valence electrons. The highest BCUT2D eigenvalue weighted by Crippen LogP contribution is 2.44. The number of pyridine rings is 1. The minimum Gasteiger partial charge on any atom is -0.310 e. The highest BCUT2D eigenvalue weighted by Gasteiger charge is 2.30. The Kier molecular flexibility index (Phi) is 4.06. The van der Waals surface area contributed by atoms with Crippen molar-refractivity contribution in [1.82, 2.24) is 15.3 Å². The van der Waals surface area contributed by atoms with E-state index in [0.717, 1.165) is 17.2 Å². The lowest BCUT2D eigenvalue weighted by Crippen LogP contribution is -2.21. The average molecular weight is 308 g/mol. The molecule has 2 aromatic heterocycles. The van der Waals surface area contributed by atoms with Crippen LogP contribution in [0.5, 0.6) is 0 Å². The maximum Gasteiger partial charge on any atom is 0.143 e. The van der Waals surface area contributed by atoms with Gasteiger partial charge in [0.25, 0.3) is 0 Å². The average Bonchev–Trinajstić information content (AvgIpc) is 3.18. The second-order valence-electron chi connectivity index (χ2n) is 5.47. The Bertz CT molecular complexity index is 605. The fraction of sp³-hybridized carbons (Fsp3) is 0.467. The molecule has 20 heavy (non-hydrogen) atoms. The van der Waals surface area contributed by atoms with Gasteiger partial charge in [0, 0.05) is 29.6 Å². The highest BCUT2D eigenvalue weighted by atomic mass is 35.5. The first-order chi connectivity index (χ1) is 9.65. The highest BCUT2D eigenvalue weighted by molar-refractivity contribution is 7.15. The zero-order chi connectivity index (χ0) is 14.1. The zero-order valence-corrected chi connectivity index (χ0v) is 13.3. The molecular formula is C15H18ClN3S. The normalized spacial score (nSPS) is 15.0. The molecule has 1 aliphatic rings. The van der Waals surface area contributed by atoms with Gasteiger partial charge in [-0.2, -0.15) is 0 Å². The van der Waals surface area contributed by atoms with Gasteiger partial charge in [0.1, 0.15) is 10.7 Å². The topological polar surface area (TPSA) is 37.8 Å². The molecule has 0 radical (unpaired) electrons. The number of nitrogens with one attached hydrogen (secondary N) is 1. The van der Waals surface area contributed by atoms with Crippen molar-refractivity contribution in [2.75, 3.05) is 0 Å². The molecule has 0 saturated heterocycles. The van der Waals surface area contributed by atoms with Crippen LogP contribution < -0.4 is 5.32 Å². The van der Waals surface area contributed by atoms with Crippen LogP contribution in [-0.4, -0.2) is 16.0 Å². The number of hydrogen-bond acceptors (Lipinski definition) is 4. The van der Waals surface area contributed by atoms with Crippen LogP contribution in [0.3, 0.4) is 0 Å². The van der Waals surface area contributed by atoms with E-state index in [-0.39, 0.29) is 0 Å². The standard InChI is InChI=1S/C15H18ClN3S/c1-9(2)18-8-12-13(10-5-6-10)19-15(20-12)14-11(16)4-3-7-17-14/h3-4,7,9-10,18H,5-6,8H2,1-2H3. The molecule has 1 saturated carbocycles. The predicted octanol–water partition coefficient (Wildman–Crippen LogP) is 4.23. The Morgan fingerprint density at radius 2 is 2.25 bits per heavy atom. The number of hydrogen-bond donors (Lipinski definition) is 1. The summed E-state index contributed by atoms with van der Waals surface area (Å²) in [6.45, 7) is 5.20. The molecule has 2 aromatic rings. The number of nitrogens with zero attached hydrogens (tertiary/aromatic N) is 2. The first kappa shape index (κ1) is 14.0. The van der Waals surface area contributed by atoms with Crippen molar-refractivity contribution in [3.63, 3.8) is 0 Å². The molecule has 0 bridgehead atoms. The fourth-order valence-electron chi connectivity index (χ4n) is 2.11. The second kappa shape index (κ2) is 5.80. The molecule has 3 nitrogen and oxygen atoms in total. The summed E-state index contributed by atoms with van der Waals surface area (Å²) in [5.41, 5.74) is 2.05. The molecule has 0 spiro atoms. The minimum atomic E-state index is 0.478. The summed E-state index contributed by atoms with van der Waals surface area (Å²) in [5, 5.41) is 5.10. The molecule has 0 unspecified atom stereocenters. The Labute approximate surface area is 128 Å². The van der Waals surface area contributed by atoms with Gasteiger partial charge in [-0.05, 0) is 25.0 Å². The zero-order valence-electron chi connectivity index (χ0n) is 11.7. The van der Waals surface area contributed by atoms with Crippen molar-refractivity contribution in [3.05, 3.63) is 33.9 Å². The number of thiazole rings is 1. The van der Waals surface area contributed by atoms with Gasteiger partial charge in [-0.3, -0.25) is 4.98 Å². The Hall–Kier alpha value is -0.970. The Morgan fingerprint density at radius 3 is 2.90 bits per heavy atom. The number of halogens is 1. The minimum absolute atomic E-state index is 0.478. The van der Waals surface area contributed by atoms with E-state index in [1.807, 2.05) is 12.1 Å². The van der Waals surface area contributed by atoms with Gasteiger partial charge in [0.15, 0.2) is 0 Å². The van der Waals surface area contributed by atoms with E-state index in [2.05, 4.69) is 24.1 Å². The molecule has 5 heteroatoms. The monoisotopic (exact) mass is 307 g/mol. The molecule has 0 atom stereocenters. The summed E-state index contributed by atoms with van der Waals surface area (Å²) in [6.07, 6.45) is 4.28. The van der Waals surface area contributed by atoms with Crippen molar-refractivity contribution < 1.29 is 0 Å². The third kappa shape index (κ3) is 3.03. The largest absolute Gasteiger partial charge is 0.310 e. The maximum atomic E-state index is 6.23. The van der Waals surface area contributed by atoms with Gasteiger partial charge in [-0.25, -0.2) is 4.98 Å². The van der Waals surface area contributed by atoms with Crippen LogP contribution in [0.15, 0.2) is 18.3 Å². The Morgan fingerprint density at radius 1 is 1.45 bits per heavy atom. The first-order valence-electron chi connectivity index (χ1n) is 6.99. The SMILES string of the molecule is CC(C)NCc1sc(-c2ncccc2Cl)nc1C1CC1. The van der Waals surface area contributed by atoms with Gasteiger partial charge in [0.2, 0.25) is 0 Å². The molecule has 0 aromatic carbocycles. The summed E-state index contributed by atoms with van der Waals surface area (Å²) >= 11 is 7.95. The molecule has 1 fully saturated rings. The molecule has 2 heterocycles. The van der Waals surface area contributed by atoms with E-state index in [1.54, 1.807) is 17.5 Å². The lowest BCUT2D eigenvalue weighted by Gasteiger charge is -2.07. The third-order valence-corrected chi connectivity index (χ3v) is 4.71. The van der Waals surface area contributed by atoms with Gasteiger partial charge >= 0.3 is 0 Å². The lowest BCUT2D eigenvalue weighted by molar-refractivity contribution is 0.590. The van der Waals surface area contributed by atoms with Crippen LogP contribution in [0.4, 0.5) is 0 Å². The third-order valence-electron chi connectivity index (χ3n) is 3.32. The molecule has 0 aliphatic heterocycles. The van der Waals surface area contributed by atoms with E-state index in [0.29, 0.717) is 17.0 Å². The molecular weight excluding hydrogens is 290 g/mol.